The Labute approximate surface area is 175 Å². The van der Waals surface area contributed by atoms with E-state index in [1.54, 1.807) is 0 Å². The van der Waals surface area contributed by atoms with E-state index in [2.05, 4.69) is 22.8 Å². The highest BCUT2D eigenvalue weighted by atomic mass is 35.5. The van der Waals surface area contributed by atoms with E-state index in [9.17, 15) is 4.79 Å². The molecule has 2 N–H and O–H groups in total. The van der Waals surface area contributed by atoms with Crippen molar-refractivity contribution in [3.8, 4) is 0 Å². The van der Waals surface area contributed by atoms with Crippen LogP contribution in [0, 0.1) is 0 Å². The van der Waals surface area contributed by atoms with Crippen molar-refractivity contribution in [1.29, 1.82) is 0 Å². The summed E-state index contributed by atoms with van der Waals surface area (Å²) in [5.74, 6) is 0.359. The summed E-state index contributed by atoms with van der Waals surface area (Å²) in [6.45, 7) is 0. The summed E-state index contributed by atoms with van der Waals surface area (Å²) >= 11 is 6.28. The minimum atomic E-state index is -0.232. The zero-order chi connectivity index (χ0) is 19.8. The number of halogens is 1. The molecular weight excluding hydrogens is 380 g/mol. The van der Waals surface area contributed by atoms with Gasteiger partial charge in [-0.05, 0) is 47.7 Å². The van der Waals surface area contributed by atoms with Crippen molar-refractivity contribution in [2.45, 2.75) is 24.8 Å². The summed E-state index contributed by atoms with van der Waals surface area (Å²) < 4.78 is 0. The van der Waals surface area contributed by atoms with Crippen LogP contribution in [0.2, 0.25) is 5.02 Å². The van der Waals surface area contributed by atoms with E-state index in [0.717, 1.165) is 34.6 Å². The molecule has 0 radical (unpaired) electrons. The molecule has 29 heavy (non-hydrogen) atoms. The minimum Gasteiger partial charge on any atom is -0.372 e. The number of Topliss-reactive ketones (excluding diaryl/α,β-unsaturated/α-hetero) is 1. The van der Waals surface area contributed by atoms with Gasteiger partial charge in [-0.2, -0.15) is 0 Å². The van der Waals surface area contributed by atoms with Gasteiger partial charge in [-0.1, -0.05) is 66.2 Å². The molecule has 0 fully saturated rings. The molecule has 1 aliphatic heterocycles. The number of fused-ring (bicyclic) bond motifs is 1. The first-order chi connectivity index (χ1) is 14.2. The lowest BCUT2D eigenvalue weighted by atomic mass is 9.78. The van der Waals surface area contributed by atoms with Gasteiger partial charge >= 0.3 is 0 Å². The van der Waals surface area contributed by atoms with Crippen LogP contribution >= 0.6 is 11.6 Å². The SMILES string of the molecule is O=C1CC(c2ccccc2)CC2=C1C(c1cccc(Cl)c1)Nc1ccccc1N2. The Hall–Kier alpha value is -3.04. The molecule has 0 aromatic heterocycles. The van der Waals surface area contributed by atoms with Gasteiger partial charge in [0.25, 0.3) is 0 Å². The van der Waals surface area contributed by atoms with Crippen LogP contribution in [0.5, 0.6) is 0 Å². The number of ketones is 1. The molecule has 3 nitrogen and oxygen atoms in total. The van der Waals surface area contributed by atoms with E-state index in [-0.39, 0.29) is 17.7 Å². The molecule has 0 amide bonds. The first-order valence-corrected chi connectivity index (χ1v) is 10.3. The number of nitrogens with one attached hydrogen (secondary N) is 2. The largest absolute Gasteiger partial charge is 0.372 e. The van der Waals surface area contributed by atoms with Crippen molar-refractivity contribution in [3.63, 3.8) is 0 Å². The van der Waals surface area contributed by atoms with Gasteiger partial charge in [0.15, 0.2) is 5.78 Å². The quantitative estimate of drug-likeness (QED) is 0.528. The lowest BCUT2D eigenvalue weighted by molar-refractivity contribution is -0.116. The average molecular weight is 401 g/mol. The van der Waals surface area contributed by atoms with Crippen LogP contribution in [0.3, 0.4) is 0 Å². The number of carbonyl (C=O) groups is 1. The van der Waals surface area contributed by atoms with E-state index in [1.807, 2.05) is 66.7 Å². The van der Waals surface area contributed by atoms with Gasteiger partial charge in [-0.25, -0.2) is 0 Å². The highest BCUT2D eigenvalue weighted by Gasteiger charge is 2.35. The normalized spacial score (nSPS) is 20.8. The molecule has 0 spiro atoms. The fourth-order valence-corrected chi connectivity index (χ4v) is 4.59. The van der Waals surface area contributed by atoms with E-state index >= 15 is 0 Å². The first kappa shape index (κ1) is 18.0. The number of rotatable bonds is 2. The number of hydrogen-bond donors (Lipinski definition) is 2. The highest BCUT2D eigenvalue weighted by Crippen LogP contribution is 2.44. The third-order valence-corrected chi connectivity index (χ3v) is 6.00. The fraction of sp³-hybridized carbons (Fsp3) is 0.160. The van der Waals surface area contributed by atoms with Gasteiger partial charge in [0, 0.05) is 22.7 Å². The Balaban J connectivity index is 1.63. The Kier molecular flexibility index (Phi) is 4.61. The summed E-state index contributed by atoms with van der Waals surface area (Å²) in [6.07, 6.45) is 1.32. The minimum absolute atomic E-state index is 0.179. The fourth-order valence-electron chi connectivity index (χ4n) is 4.39. The van der Waals surface area contributed by atoms with Crippen molar-refractivity contribution < 1.29 is 4.79 Å². The van der Waals surface area contributed by atoms with Gasteiger partial charge in [-0.3, -0.25) is 4.79 Å². The third kappa shape index (κ3) is 3.43. The zero-order valence-electron chi connectivity index (χ0n) is 15.9. The lowest BCUT2D eigenvalue weighted by Gasteiger charge is -2.30. The first-order valence-electron chi connectivity index (χ1n) is 9.88. The van der Waals surface area contributed by atoms with Gasteiger partial charge in [0.05, 0.1) is 17.4 Å². The smallest absolute Gasteiger partial charge is 0.163 e. The van der Waals surface area contributed by atoms with Gasteiger partial charge in [0.2, 0.25) is 0 Å². The Morgan fingerprint density at radius 2 is 1.52 bits per heavy atom. The Morgan fingerprint density at radius 1 is 0.793 bits per heavy atom. The van der Waals surface area contributed by atoms with Crippen molar-refractivity contribution in [2.75, 3.05) is 10.6 Å². The average Bonchev–Trinajstić information content (AvgIpc) is 2.91. The van der Waals surface area contributed by atoms with Crippen LogP contribution in [0.25, 0.3) is 0 Å². The number of benzene rings is 3. The van der Waals surface area contributed by atoms with E-state index < -0.39 is 0 Å². The second-order valence-electron chi connectivity index (χ2n) is 7.63. The van der Waals surface area contributed by atoms with E-state index in [0.29, 0.717) is 11.4 Å². The van der Waals surface area contributed by atoms with E-state index in [4.69, 9.17) is 11.6 Å². The summed E-state index contributed by atoms with van der Waals surface area (Å²) in [4.78, 5) is 13.4. The molecular formula is C25H21ClN2O. The standard InChI is InChI=1S/C25H21ClN2O/c26-19-10-6-9-17(13-19)25-24-22(27-20-11-4-5-12-21(20)28-25)14-18(15-23(24)29)16-7-2-1-3-8-16/h1-13,18,25,27-28H,14-15H2. The maximum absolute atomic E-state index is 13.4. The molecule has 2 atom stereocenters. The third-order valence-electron chi connectivity index (χ3n) is 5.76. The summed E-state index contributed by atoms with van der Waals surface area (Å²) in [5, 5.41) is 7.83. The van der Waals surface area contributed by atoms with Crippen molar-refractivity contribution in [3.05, 3.63) is 106 Å². The van der Waals surface area contributed by atoms with Gasteiger partial charge in [-0.15, -0.1) is 0 Å². The van der Waals surface area contributed by atoms with Crippen LogP contribution in [-0.4, -0.2) is 5.78 Å². The molecule has 0 saturated heterocycles. The van der Waals surface area contributed by atoms with Crippen LogP contribution in [0.4, 0.5) is 11.4 Å². The van der Waals surface area contributed by atoms with E-state index in [1.165, 1.54) is 5.56 Å². The maximum atomic E-state index is 13.4. The van der Waals surface area contributed by atoms with Crippen LogP contribution in [0.15, 0.2) is 90.1 Å². The maximum Gasteiger partial charge on any atom is 0.163 e. The Morgan fingerprint density at radius 3 is 2.31 bits per heavy atom. The summed E-state index contributed by atoms with van der Waals surface area (Å²) in [6, 6.07) is 25.9. The molecule has 1 aliphatic carbocycles. The van der Waals surface area contributed by atoms with Crippen molar-refractivity contribution in [2.24, 2.45) is 0 Å². The summed E-state index contributed by atoms with van der Waals surface area (Å²) in [5.41, 5.74) is 5.99. The second-order valence-corrected chi connectivity index (χ2v) is 8.07. The molecule has 0 bridgehead atoms. The molecule has 5 rings (SSSR count). The lowest BCUT2D eigenvalue weighted by Crippen LogP contribution is -2.26. The number of allylic oxidation sites excluding steroid dienone is 1. The van der Waals surface area contributed by atoms with Crippen LogP contribution in [-0.2, 0) is 4.79 Å². The molecule has 1 heterocycles. The number of anilines is 2. The highest BCUT2D eigenvalue weighted by molar-refractivity contribution is 6.30. The molecule has 2 unspecified atom stereocenters. The van der Waals surface area contributed by atoms with Gasteiger partial charge in [0.1, 0.15) is 0 Å². The number of para-hydroxylation sites is 2. The van der Waals surface area contributed by atoms with Crippen LogP contribution < -0.4 is 10.6 Å². The topological polar surface area (TPSA) is 41.1 Å². The van der Waals surface area contributed by atoms with Gasteiger partial charge < -0.3 is 10.6 Å². The Bertz CT molecular complexity index is 1110. The second kappa shape index (κ2) is 7.41. The zero-order valence-corrected chi connectivity index (χ0v) is 16.6. The number of carbonyl (C=O) groups excluding carboxylic acids is 1. The summed E-state index contributed by atoms with van der Waals surface area (Å²) in [7, 11) is 0. The molecule has 4 heteroatoms. The van der Waals surface area contributed by atoms with Crippen molar-refractivity contribution in [1.82, 2.24) is 0 Å². The monoisotopic (exact) mass is 400 g/mol. The predicted molar refractivity (Wildman–Crippen MR) is 118 cm³/mol. The molecule has 3 aromatic carbocycles. The molecule has 0 saturated carbocycles. The number of hydrogen-bond acceptors (Lipinski definition) is 3. The predicted octanol–water partition coefficient (Wildman–Crippen LogP) is 6.32. The molecule has 2 aliphatic rings. The van der Waals surface area contributed by atoms with Crippen LogP contribution in [0.1, 0.15) is 35.9 Å². The molecule has 3 aromatic rings. The van der Waals surface area contributed by atoms with Crippen molar-refractivity contribution >= 4 is 28.8 Å². The molecule has 144 valence electrons.